The maximum absolute atomic E-state index is 11.9. The molecule has 1 aromatic carbocycles. The molecule has 2 N–H and O–H groups in total. The van der Waals surface area contributed by atoms with E-state index in [0.29, 0.717) is 20.1 Å². The van der Waals surface area contributed by atoms with Crippen molar-refractivity contribution in [3.8, 4) is 11.5 Å². The van der Waals surface area contributed by atoms with Crippen molar-refractivity contribution in [2.75, 3.05) is 7.11 Å². The Morgan fingerprint density at radius 1 is 1.39 bits per heavy atom. The number of carbonyl (C=O) groups is 1. The average Bonchev–Trinajstić information content (AvgIpc) is 2.55. The molecule has 0 saturated heterocycles. The fourth-order valence-electron chi connectivity index (χ4n) is 1.69. The number of benzene rings is 1. The highest BCUT2D eigenvalue weighted by atomic mass is 79.9. The molecule has 0 saturated carbocycles. The Morgan fingerprint density at radius 2 is 2.13 bits per heavy atom. The van der Waals surface area contributed by atoms with Crippen LogP contribution < -0.4 is 10.2 Å². The first-order valence-electron chi connectivity index (χ1n) is 6.45. The summed E-state index contributed by atoms with van der Waals surface area (Å²) in [6.45, 7) is 1.84. The van der Waals surface area contributed by atoms with Gasteiger partial charge in [0.15, 0.2) is 11.5 Å². The summed E-state index contributed by atoms with van der Waals surface area (Å²) in [7, 11) is 1.45. The van der Waals surface area contributed by atoms with E-state index in [1.54, 1.807) is 18.2 Å². The van der Waals surface area contributed by atoms with Crippen LogP contribution in [0.2, 0.25) is 0 Å². The van der Waals surface area contributed by atoms with Gasteiger partial charge in [-0.25, -0.2) is 5.43 Å². The zero-order chi connectivity index (χ0) is 17.0. The lowest BCUT2D eigenvalue weighted by Crippen LogP contribution is -2.17. The second kappa shape index (κ2) is 7.56. The molecule has 0 bridgehead atoms. The molecule has 0 atom stereocenters. The summed E-state index contributed by atoms with van der Waals surface area (Å²) in [6, 6.07) is 5.01. The van der Waals surface area contributed by atoms with E-state index in [1.807, 2.05) is 6.92 Å². The highest BCUT2D eigenvalue weighted by Crippen LogP contribution is 2.41. The van der Waals surface area contributed by atoms with Gasteiger partial charge in [0.25, 0.3) is 5.91 Å². The molecule has 1 heterocycles. The molecule has 0 aliphatic heterocycles. The third kappa shape index (κ3) is 4.08. The average molecular weight is 443 g/mol. The van der Waals surface area contributed by atoms with Gasteiger partial charge in [0.2, 0.25) is 0 Å². The van der Waals surface area contributed by atoms with Gasteiger partial charge in [0, 0.05) is 21.9 Å². The molecule has 23 heavy (non-hydrogen) atoms. The van der Waals surface area contributed by atoms with Crippen LogP contribution >= 0.6 is 31.9 Å². The van der Waals surface area contributed by atoms with Gasteiger partial charge in [-0.2, -0.15) is 5.10 Å². The van der Waals surface area contributed by atoms with Crippen LogP contribution in [-0.4, -0.2) is 29.3 Å². The molecule has 1 aromatic heterocycles. The van der Waals surface area contributed by atoms with Crippen LogP contribution in [0, 0.1) is 6.92 Å². The van der Waals surface area contributed by atoms with Crippen molar-refractivity contribution in [3.63, 3.8) is 0 Å². The molecule has 2 aromatic rings. The standard InChI is InChI=1S/C15H13Br2N3O3/c1-8-3-4-9(6-18-8)15(22)20-19-7-10-5-11(23-2)14(21)13(17)12(10)16/h3-7,21H,1-2H3,(H,20,22)/b19-7+. The Labute approximate surface area is 149 Å². The summed E-state index contributed by atoms with van der Waals surface area (Å²) in [5, 5.41) is 13.8. The molecular formula is C15H13Br2N3O3. The second-order valence-electron chi connectivity index (χ2n) is 4.53. The van der Waals surface area contributed by atoms with Gasteiger partial charge >= 0.3 is 0 Å². The van der Waals surface area contributed by atoms with E-state index in [9.17, 15) is 9.90 Å². The van der Waals surface area contributed by atoms with E-state index >= 15 is 0 Å². The number of aromatic nitrogens is 1. The Hall–Kier alpha value is -1.93. The summed E-state index contributed by atoms with van der Waals surface area (Å²) in [5.74, 6) is -0.100. The number of aryl methyl sites for hydroxylation is 1. The van der Waals surface area contributed by atoms with Gasteiger partial charge in [-0.1, -0.05) is 0 Å². The summed E-state index contributed by atoms with van der Waals surface area (Å²) < 4.78 is 6.10. The number of nitrogens with one attached hydrogen (secondary N) is 1. The number of halogens is 2. The smallest absolute Gasteiger partial charge is 0.272 e. The molecule has 0 aliphatic rings. The molecule has 8 heteroatoms. The molecule has 0 aliphatic carbocycles. The number of hydrazone groups is 1. The number of phenolic OH excluding ortho intramolecular Hbond substituents is 1. The predicted octanol–water partition coefficient (Wildman–Crippen LogP) is 3.39. The van der Waals surface area contributed by atoms with Crippen molar-refractivity contribution >= 4 is 44.0 Å². The van der Waals surface area contributed by atoms with E-state index in [2.05, 4.69) is 47.4 Å². The first-order chi connectivity index (χ1) is 10.9. The Kier molecular flexibility index (Phi) is 5.73. The maximum Gasteiger partial charge on any atom is 0.272 e. The minimum atomic E-state index is -0.366. The summed E-state index contributed by atoms with van der Waals surface area (Å²) in [6.07, 6.45) is 2.92. The molecule has 1 amide bonds. The Bertz CT molecular complexity index is 762. The van der Waals surface area contributed by atoms with Crippen molar-refractivity contribution < 1.29 is 14.6 Å². The van der Waals surface area contributed by atoms with Gasteiger partial charge in [0.1, 0.15) is 0 Å². The highest BCUT2D eigenvalue weighted by molar-refractivity contribution is 9.13. The minimum Gasteiger partial charge on any atom is -0.503 e. The molecule has 0 radical (unpaired) electrons. The van der Waals surface area contributed by atoms with Crippen molar-refractivity contribution in [2.45, 2.75) is 6.92 Å². The van der Waals surface area contributed by atoms with Crippen LogP contribution in [0.25, 0.3) is 0 Å². The van der Waals surface area contributed by atoms with Crippen LogP contribution in [0.3, 0.4) is 0 Å². The lowest BCUT2D eigenvalue weighted by molar-refractivity contribution is 0.0955. The van der Waals surface area contributed by atoms with Crippen LogP contribution in [0.4, 0.5) is 0 Å². The number of phenols is 1. The summed E-state index contributed by atoms with van der Waals surface area (Å²) >= 11 is 6.59. The molecular weight excluding hydrogens is 430 g/mol. The zero-order valence-corrected chi connectivity index (χ0v) is 15.5. The van der Waals surface area contributed by atoms with E-state index in [0.717, 1.165) is 5.69 Å². The van der Waals surface area contributed by atoms with Gasteiger partial charge in [-0.05, 0) is 57.0 Å². The van der Waals surface area contributed by atoms with Crippen molar-refractivity contribution in [1.82, 2.24) is 10.4 Å². The van der Waals surface area contributed by atoms with E-state index in [1.165, 1.54) is 19.5 Å². The lowest BCUT2D eigenvalue weighted by Gasteiger charge is -2.09. The molecule has 0 unspecified atom stereocenters. The number of hydrogen-bond donors (Lipinski definition) is 2. The second-order valence-corrected chi connectivity index (χ2v) is 6.12. The first-order valence-corrected chi connectivity index (χ1v) is 8.03. The van der Waals surface area contributed by atoms with E-state index in [4.69, 9.17) is 4.74 Å². The third-order valence-corrected chi connectivity index (χ3v) is 5.10. The zero-order valence-electron chi connectivity index (χ0n) is 12.3. The number of nitrogens with zero attached hydrogens (tertiary/aromatic N) is 2. The summed E-state index contributed by atoms with van der Waals surface area (Å²) in [5.41, 5.74) is 4.28. The maximum atomic E-state index is 11.9. The van der Waals surface area contributed by atoms with Crippen molar-refractivity contribution in [2.24, 2.45) is 5.10 Å². The van der Waals surface area contributed by atoms with Crippen LogP contribution in [0.1, 0.15) is 21.6 Å². The Balaban J connectivity index is 2.16. The van der Waals surface area contributed by atoms with Crippen LogP contribution in [-0.2, 0) is 0 Å². The number of carbonyl (C=O) groups excluding carboxylic acids is 1. The quantitative estimate of drug-likeness (QED) is 0.561. The predicted molar refractivity (Wildman–Crippen MR) is 94.1 cm³/mol. The number of pyridine rings is 1. The number of rotatable bonds is 4. The van der Waals surface area contributed by atoms with Gasteiger partial charge < -0.3 is 9.84 Å². The number of methoxy groups -OCH3 is 1. The normalized spacial score (nSPS) is 10.8. The fraction of sp³-hybridized carbons (Fsp3) is 0.133. The molecule has 2 rings (SSSR count). The topological polar surface area (TPSA) is 83.8 Å². The number of hydrogen-bond acceptors (Lipinski definition) is 5. The minimum absolute atomic E-state index is 0.0220. The third-order valence-electron chi connectivity index (χ3n) is 2.94. The van der Waals surface area contributed by atoms with Gasteiger partial charge in [-0.3, -0.25) is 9.78 Å². The molecule has 6 nitrogen and oxygen atoms in total. The highest BCUT2D eigenvalue weighted by Gasteiger charge is 2.13. The lowest BCUT2D eigenvalue weighted by atomic mass is 10.2. The van der Waals surface area contributed by atoms with E-state index in [-0.39, 0.29) is 17.4 Å². The largest absolute Gasteiger partial charge is 0.503 e. The molecule has 0 fully saturated rings. The van der Waals surface area contributed by atoms with Crippen LogP contribution in [0.5, 0.6) is 11.5 Å². The van der Waals surface area contributed by atoms with E-state index < -0.39 is 0 Å². The number of amides is 1. The van der Waals surface area contributed by atoms with Crippen molar-refractivity contribution in [1.29, 1.82) is 0 Å². The van der Waals surface area contributed by atoms with Crippen molar-refractivity contribution in [3.05, 3.63) is 50.2 Å². The first kappa shape index (κ1) is 17.4. The number of ether oxygens (including phenoxy) is 1. The molecule has 0 spiro atoms. The van der Waals surface area contributed by atoms with Crippen LogP contribution in [0.15, 0.2) is 38.4 Å². The van der Waals surface area contributed by atoms with Gasteiger partial charge in [-0.15, -0.1) is 0 Å². The fourth-order valence-corrected chi connectivity index (χ4v) is 2.52. The van der Waals surface area contributed by atoms with Gasteiger partial charge in [0.05, 0.1) is 23.4 Å². The monoisotopic (exact) mass is 441 g/mol. The number of aromatic hydroxyl groups is 1. The SMILES string of the molecule is COc1cc(/C=N/NC(=O)c2ccc(C)nc2)c(Br)c(Br)c1O. The Morgan fingerprint density at radius 3 is 2.74 bits per heavy atom. The molecule has 120 valence electrons. The summed E-state index contributed by atoms with van der Waals surface area (Å²) in [4.78, 5) is 16.0.